The highest BCUT2D eigenvalue weighted by Crippen LogP contribution is 2.51. The van der Waals surface area contributed by atoms with Crippen LogP contribution < -0.4 is 11.1 Å². The quantitative estimate of drug-likeness (QED) is 0.397. The number of nitrogens with two attached hydrogens (primary N) is 1. The summed E-state index contributed by atoms with van der Waals surface area (Å²) < 4.78 is 6.82. The number of aromatic amines is 1. The topological polar surface area (TPSA) is 124 Å². The Morgan fingerprint density at radius 3 is 2.65 bits per heavy atom. The lowest BCUT2D eigenvalue weighted by molar-refractivity contribution is 0.101. The van der Waals surface area contributed by atoms with Gasteiger partial charge < -0.3 is 20.8 Å². The van der Waals surface area contributed by atoms with Crippen LogP contribution in [0.1, 0.15) is 52.9 Å². The van der Waals surface area contributed by atoms with E-state index >= 15 is 0 Å². The molecular formula is C25H25N7O2. The molecule has 1 fully saturated rings. The van der Waals surface area contributed by atoms with Gasteiger partial charge in [0, 0.05) is 31.6 Å². The molecule has 4 N–H and O–H groups in total. The maximum Gasteiger partial charge on any atom is 0.293 e. The first kappa shape index (κ1) is 21.7. The third-order valence-corrected chi connectivity index (χ3v) is 6.04. The van der Waals surface area contributed by atoms with Crippen molar-refractivity contribution in [3.63, 3.8) is 0 Å². The normalized spacial score (nSPS) is 14.0. The van der Waals surface area contributed by atoms with Crippen molar-refractivity contribution >= 4 is 28.4 Å². The predicted octanol–water partition coefficient (Wildman–Crippen LogP) is 3.12. The number of hydrogen-bond donors (Lipinski definition) is 3. The number of fused-ring (bicyclic) bond motifs is 1. The zero-order valence-corrected chi connectivity index (χ0v) is 19.3. The van der Waals surface area contributed by atoms with Crippen molar-refractivity contribution in [3.05, 3.63) is 64.9 Å². The summed E-state index contributed by atoms with van der Waals surface area (Å²) in [6.45, 7) is 2.68. The summed E-state index contributed by atoms with van der Waals surface area (Å²) >= 11 is 0. The number of carbonyl (C=O) groups is 1. The van der Waals surface area contributed by atoms with Crippen molar-refractivity contribution in [1.82, 2.24) is 24.7 Å². The van der Waals surface area contributed by atoms with Crippen LogP contribution in [0.25, 0.3) is 11.0 Å². The van der Waals surface area contributed by atoms with Gasteiger partial charge in [-0.2, -0.15) is 5.10 Å². The van der Waals surface area contributed by atoms with Gasteiger partial charge in [-0.15, -0.1) is 0 Å². The van der Waals surface area contributed by atoms with Crippen LogP contribution in [0.15, 0.2) is 36.5 Å². The number of nitrogens with zero attached hydrogens (tertiary/aromatic N) is 4. The zero-order valence-electron chi connectivity index (χ0n) is 19.3. The van der Waals surface area contributed by atoms with E-state index in [0.717, 1.165) is 35.0 Å². The first-order chi connectivity index (χ1) is 16.4. The van der Waals surface area contributed by atoms with Gasteiger partial charge in [-0.25, -0.2) is 9.97 Å². The number of rotatable bonds is 5. The van der Waals surface area contributed by atoms with Crippen LogP contribution >= 0.6 is 0 Å². The van der Waals surface area contributed by atoms with Gasteiger partial charge in [0.15, 0.2) is 0 Å². The van der Waals surface area contributed by atoms with E-state index in [9.17, 15) is 4.79 Å². The Hall–Kier alpha value is -4.16. The second kappa shape index (κ2) is 8.32. The average molecular weight is 456 g/mol. The van der Waals surface area contributed by atoms with E-state index in [1.54, 1.807) is 23.9 Å². The zero-order chi connectivity index (χ0) is 23.9. The van der Waals surface area contributed by atoms with Gasteiger partial charge in [0.1, 0.15) is 17.2 Å². The standard InChI is InChI=1S/C25H25N7O2/c1-25(11-12-25)20-18(9-8-17-10-13-32(2)31-17)28-22-19(20)21(26)29-23(30-22)24(33)27-16-6-4-15(5-7-16)14-34-3/h4-7,10,13H,11-12,14H2,1-3H3,(H,27,33)(H3,26,28,29,30). The SMILES string of the molecule is COCc1ccc(NC(=O)c2nc(N)c3c(C4(C)CC4)c(C#Cc4ccn(C)n4)[nH]c3n2)cc1. The molecule has 1 aliphatic rings. The molecule has 1 aliphatic carbocycles. The highest BCUT2D eigenvalue weighted by Gasteiger charge is 2.43. The number of amides is 1. The Morgan fingerprint density at radius 1 is 1.24 bits per heavy atom. The Labute approximate surface area is 196 Å². The lowest BCUT2D eigenvalue weighted by Gasteiger charge is -2.10. The van der Waals surface area contributed by atoms with E-state index in [4.69, 9.17) is 10.5 Å². The third kappa shape index (κ3) is 4.11. The van der Waals surface area contributed by atoms with Gasteiger partial charge in [0.25, 0.3) is 5.91 Å². The van der Waals surface area contributed by atoms with Crippen LogP contribution in [0.2, 0.25) is 0 Å². The second-order valence-electron chi connectivity index (χ2n) is 8.80. The third-order valence-electron chi connectivity index (χ3n) is 6.04. The summed E-state index contributed by atoms with van der Waals surface area (Å²) in [5.74, 6) is 6.10. The van der Waals surface area contributed by atoms with Gasteiger partial charge in [-0.05, 0) is 53.9 Å². The van der Waals surface area contributed by atoms with Crippen LogP contribution in [-0.2, 0) is 23.8 Å². The van der Waals surface area contributed by atoms with Gasteiger partial charge >= 0.3 is 0 Å². The molecular weight excluding hydrogens is 430 g/mol. The summed E-state index contributed by atoms with van der Waals surface area (Å²) in [5, 5.41) is 7.86. The molecule has 0 aliphatic heterocycles. The van der Waals surface area contributed by atoms with E-state index in [-0.39, 0.29) is 17.1 Å². The molecule has 3 heterocycles. The molecule has 34 heavy (non-hydrogen) atoms. The molecule has 5 rings (SSSR count). The Bertz CT molecular complexity index is 1450. The van der Waals surface area contributed by atoms with Crippen LogP contribution in [0, 0.1) is 11.8 Å². The number of ether oxygens (including phenoxy) is 1. The summed E-state index contributed by atoms with van der Waals surface area (Å²) in [5.41, 5.74) is 10.9. The minimum atomic E-state index is -0.442. The molecule has 1 amide bonds. The smallest absolute Gasteiger partial charge is 0.293 e. The van der Waals surface area contributed by atoms with E-state index in [2.05, 4.69) is 44.1 Å². The number of aryl methyl sites for hydroxylation is 1. The lowest BCUT2D eigenvalue weighted by Crippen LogP contribution is -2.17. The highest BCUT2D eigenvalue weighted by atomic mass is 16.5. The Morgan fingerprint density at radius 2 is 2.00 bits per heavy atom. The molecule has 1 saturated carbocycles. The van der Waals surface area contributed by atoms with Gasteiger partial charge in [0.2, 0.25) is 5.82 Å². The molecule has 172 valence electrons. The molecule has 1 aromatic carbocycles. The summed E-state index contributed by atoms with van der Waals surface area (Å²) in [6.07, 6.45) is 3.90. The fourth-order valence-electron chi connectivity index (χ4n) is 4.00. The first-order valence-electron chi connectivity index (χ1n) is 11.0. The molecule has 9 heteroatoms. The number of nitrogen functional groups attached to an aromatic ring is 1. The number of aromatic nitrogens is 5. The molecule has 3 aromatic heterocycles. The second-order valence-corrected chi connectivity index (χ2v) is 8.80. The predicted molar refractivity (Wildman–Crippen MR) is 129 cm³/mol. The molecule has 0 bridgehead atoms. The number of nitrogens with one attached hydrogen (secondary N) is 2. The molecule has 0 radical (unpaired) electrons. The number of carbonyl (C=O) groups excluding carboxylic acids is 1. The monoisotopic (exact) mass is 455 g/mol. The maximum atomic E-state index is 12.9. The molecule has 0 unspecified atom stereocenters. The number of benzene rings is 1. The highest BCUT2D eigenvalue weighted by molar-refractivity contribution is 6.04. The largest absolute Gasteiger partial charge is 0.383 e. The minimum absolute atomic E-state index is 0.0102. The number of hydrogen-bond acceptors (Lipinski definition) is 6. The molecule has 0 atom stereocenters. The van der Waals surface area contributed by atoms with Crippen LogP contribution in [-0.4, -0.2) is 37.7 Å². The summed E-state index contributed by atoms with van der Waals surface area (Å²) in [6, 6.07) is 9.24. The van der Waals surface area contributed by atoms with Crippen LogP contribution in [0.4, 0.5) is 11.5 Å². The van der Waals surface area contributed by atoms with Gasteiger partial charge in [-0.3, -0.25) is 9.48 Å². The van der Waals surface area contributed by atoms with E-state index < -0.39 is 5.91 Å². The fraction of sp³-hybridized carbons (Fsp3) is 0.280. The minimum Gasteiger partial charge on any atom is -0.383 e. The maximum absolute atomic E-state index is 12.9. The van der Waals surface area contributed by atoms with Crippen molar-refractivity contribution in [2.24, 2.45) is 7.05 Å². The molecule has 4 aromatic rings. The van der Waals surface area contributed by atoms with Gasteiger partial charge in [-0.1, -0.05) is 19.1 Å². The first-order valence-corrected chi connectivity index (χ1v) is 11.0. The number of anilines is 2. The Balaban J connectivity index is 1.50. The number of methoxy groups -OCH3 is 1. The lowest BCUT2D eigenvalue weighted by atomic mass is 9.95. The Kier molecular flexibility index (Phi) is 5.30. The van der Waals surface area contributed by atoms with Gasteiger partial charge in [0.05, 0.1) is 17.7 Å². The van der Waals surface area contributed by atoms with Crippen molar-refractivity contribution in [3.8, 4) is 11.8 Å². The molecule has 0 spiro atoms. The van der Waals surface area contributed by atoms with Crippen molar-refractivity contribution < 1.29 is 9.53 Å². The average Bonchev–Trinajstić information content (AvgIpc) is 3.23. The van der Waals surface area contributed by atoms with Crippen LogP contribution in [0.5, 0.6) is 0 Å². The van der Waals surface area contributed by atoms with E-state index in [1.807, 2.05) is 31.4 Å². The van der Waals surface area contributed by atoms with Crippen molar-refractivity contribution in [1.29, 1.82) is 0 Å². The van der Waals surface area contributed by atoms with Crippen molar-refractivity contribution in [2.45, 2.75) is 31.8 Å². The van der Waals surface area contributed by atoms with Crippen molar-refractivity contribution in [2.75, 3.05) is 18.2 Å². The van der Waals surface area contributed by atoms with E-state index in [0.29, 0.717) is 23.6 Å². The molecule has 0 saturated heterocycles. The summed E-state index contributed by atoms with van der Waals surface area (Å²) in [7, 11) is 3.49. The molecule has 9 nitrogen and oxygen atoms in total. The fourth-order valence-corrected chi connectivity index (χ4v) is 4.00. The van der Waals surface area contributed by atoms with Crippen LogP contribution in [0.3, 0.4) is 0 Å². The summed E-state index contributed by atoms with van der Waals surface area (Å²) in [4.78, 5) is 25.0. The number of H-pyrrole nitrogens is 1. The van der Waals surface area contributed by atoms with E-state index in [1.165, 1.54) is 0 Å².